The first kappa shape index (κ1) is 11.6. The molecule has 1 unspecified atom stereocenters. The summed E-state index contributed by atoms with van der Waals surface area (Å²) in [6.07, 6.45) is 2.08. The summed E-state index contributed by atoms with van der Waals surface area (Å²) in [6.45, 7) is 6.65. The van der Waals surface area contributed by atoms with Crippen LogP contribution in [0.15, 0.2) is 30.3 Å². The van der Waals surface area contributed by atoms with Crippen molar-refractivity contribution in [1.82, 2.24) is 0 Å². The molecule has 0 saturated heterocycles. The molecule has 0 N–H and O–H groups in total. The van der Waals surface area contributed by atoms with E-state index in [0.29, 0.717) is 0 Å². The molecule has 0 fully saturated rings. The summed E-state index contributed by atoms with van der Waals surface area (Å²) in [5, 5.41) is 0.217. The van der Waals surface area contributed by atoms with Crippen LogP contribution in [0.3, 0.4) is 0 Å². The Bertz CT molecular complexity index is 264. The number of halogens is 1. The van der Waals surface area contributed by atoms with Crippen molar-refractivity contribution in [2.24, 2.45) is 5.41 Å². The van der Waals surface area contributed by atoms with E-state index in [-0.39, 0.29) is 10.8 Å². The van der Waals surface area contributed by atoms with E-state index in [4.69, 9.17) is 11.6 Å². The second-order valence-corrected chi connectivity index (χ2v) is 5.03. The maximum atomic E-state index is 6.41. The van der Waals surface area contributed by atoms with E-state index in [2.05, 4.69) is 45.0 Å². The highest BCUT2D eigenvalue weighted by Gasteiger charge is 2.25. The molecule has 0 saturated carbocycles. The van der Waals surface area contributed by atoms with Crippen LogP contribution in [0.2, 0.25) is 0 Å². The molecule has 0 aliphatic rings. The van der Waals surface area contributed by atoms with Gasteiger partial charge in [0.1, 0.15) is 0 Å². The fourth-order valence-corrected chi connectivity index (χ4v) is 1.65. The summed E-state index contributed by atoms with van der Waals surface area (Å²) in [4.78, 5) is 0. The largest absolute Gasteiger partial charge is 0.122 e. The van der Waals surface area contributed by atoms with E-state index in [0.717, 1.165) is 12.8 Å². The molecule has 0 radical (unpaired) electrons. The van der Waals surface area contributed by atoms with Crippen LogP contribution < -0.4 is 0 Å². The fraction of sp³-hybridized carbons (Fsp3) is 0.538. The van der Waals surface area contributed by atoms with Crippen molar-refractivity contribution in [3.05, 3.63) is 35.9 Å². The zero-order valence-electron chi connectivity index (χ0n) is 9.26. The number of hydrogen-bond donors (Lipinski definition) is 0. The molecule has 1 aromatic carbocycles. The predicted octanol–water partition coefficient (Wildman–Crippen LogP) is 4.27. The minimum atomic E-state index is 0.217. The first-order chi connectivity index (χ1) is 6.56. The van der Waals surface area contributed by atoms with E-state index in [9.17, 15) is 0 Å². The van der Waals surface area contributed by atoms with Crippen LogP contribution in [0.25, 0.3) is 0 Å². The lowest BCUT2D eigenvalue weighted by atomic mass is 9.83. The van der Waals surface area contributed by atoms with E-state index in [1.54, 1.807) is 0 Å². The van der Waals surface area contributed by atoms with Gasteiger partial charge in [0, 0.05) is 5.38 Å². The lowest BCUT2D eigenvalue weighted by Gasteiger charge is -2.28. The Balaban J connectivity index is 2.62. The SMILES string of the molecule is CCC(C)(C)C(Cl)Cc1ccccc1. The molecule has 1 aromatic rings. The van der Waals surface area contributed by atoms with Crippen LogP contribution in [0.4, 0.5) is 0 Å². The van der Waals surface area contributed by atoms with Crippen LogP contribution in [0, 0.1) is 5.41 Å². The van der Waals surface area contributed by atoms with Crippen LogP contribution >= 0.6 is 11.6 Å². The Morgan fingerprint density at radius 3 is 2.29 bits per heavy atom. The first-order valence-corrected chi connectivity index (χ1v) is 5.68. The molecular weight excluding hydrogens is 192 g/mol. The van der Waals surface area contributed by atoms with Crippen molar-refractivity contribution in [2.45, 2.75) is 39.0 Å². The molecule has 1 rings (SSSR count). The zero-order valence-corrected chi connectivity index (χ0v) is 10.0. The molecule has 0 nitrogen and oxygen atoms in total. The van der Waals surface area contributed by atoms with Gasteiger partial charge in [-0.25, -0.2) is 0 Å². The third-order valence-electron chi connectivity index (χ3n) is 3.02. The van der Waals surface area contributed by atoms with E-state index in [1.807, 2.05) is 6.07 Å². The number of benzene rings is 1. The van der Waals surface area contributed by atoms with Gasteiger partial charge < -0.3 is 0 Å². The molecule has 0 spiro atoms. The standard InChI is InChI=1S/C13H19Cl/c1-4-13(2,3)12(14)10-11-8-6-5-7-9-11/h5-9,12H,4,10H2,1-3H3. The average Bonchev–Trinajstić information content (AvgIpc) is 2.19. The van der Waals surface area contributed by atoms with Crippen LogP contribution in [0.1, 0.15) is 32.8 Å². The molecule has 0 bridgehead atoms. The van der Waals surface area contributed by atoms with Gasteiger partial charge in [-0.1, -0.05) is 51.1 Å². The highest BCUT2D eigenvalue weighted by Crippen LogP contribution is 2.31. The maximum Gasteiger partial charge on any atom is 0.0427 e. The summed E-state index contributed by atoms with van der Waals surface area (Å²) >= 11 is 6.41. The van der Waals surface area contributed by atoms with Crippen molar-refractivity contribution in [2.75, 3.05) is 0 Å². The van der Waals surface area contributed by atoms with Crippen molar-refractivity contribution in [3.8, 4) is 0 Å². The highest BCUT2D eigenvalue weighted by atomic mass is 35.5. The van der Waals surface area contributed by atoms with Crippen LogP contribution in [0.5, 0.6) is 0 Å². The Morgan fingerprint density at radius 1 is 1.21 bits per heavy atom. The smallest absolute Gasteiger partial charge is 0.0427 e. The zero-order chi connectivity index (χ0) is 10.6. The molecular formula is C13H19Cl. The summed E-state index contributed by atoms with van der Waals surface area (Å²) < 4.78 is 0. The molecule has 78 valence electrons. The van der Waals surface area contributed by atoms with E-state index in [1.165, 1.54) is 5.56 Å². The van der Waals surface area contributed by atoms with Crippen molar-refractivity contribution >= 4 is 11.6 Å². The Labute approximate surface area is 92.3 Å². The van der Waals surface area contributed by atoms with Gasteiger partial charge in [0.05, 0.1) is 0 Å². The van der Waals surface area contributed by atoms with Gasteiger partial charge in [0.2, 0.25) is 0 Å². The number of alkyl halides is 1. The summed E-state index contributed by atoms with van der Waals surface area (Å²) in [5.41, 5.74) is 1.55. The fourth-order valence-electron chi connectivity index (χ4n) is 1.32. The Kier molecular flexibility index (Phi) is 4.00. The van der Waals surface area contributed by atoms with Crippen molar-refractivity contribution in [1.29, 1.82) is 0 Å². The normalized spacial score (nSPS) is 14.0. The highest BCUT2D eigenvalue weighted by molar-refractivity contribution is 6.21. The topological polar surface area (TPSA) is 0 Å². The monoisotopic (exact) mass is 210 g/mol. The summed E-state index contributed by atoms with van der Waals surface area (Å²) in [6, 6.07) is 10.5. The number of rotatable bonds is 4. The van der Waals surface area contributed by atoms with Gasteiger partial charge in [-0.2, -0.15) is 0 Å². The van der Waals surface area contributed by atoms with Gasteiger partial charge in [-0.3, -0.25) is 0 Å². The van der Waals surface area contributed by atoms with Gasteiger partial charge in [-0.15, -0.1) is 11.6 Å². The van der Waals surface area contributed by atoms with Gasteiger partial charge in [0.15, 0.2) is 0 Å². The molecule has 0 aromatic heterocycles. The van der Waals surface area contributed by atoms with Crippen LogP contribution in [-0.2, 0) is 6.42 Å². The lowest BCUT2D eigenvalue weighted by Crippen LogP contribution is -2.25. The molecule has 14 heavy (non-hydrogen) atoms. The quantitative estimate of drug-likeness (QED) is 0.651. The summed E-state index contributed by atoms with van der Waals surface area (Å²) in [7, 11) is 0. The second kappa shape index (κ2) is 4.84. The Hall–Kier alpha value is -0.490. The third-order valence-corrected chi connectivity index (χ3v) is 3.76. The maximum absolute atomic E-state index is 6.41. The number of hydrogen-bond acceptors (Lipinski definition) is 0. The lowest BCUT2D eigenvalue weighted by molar-refractivity contribution is 0.330. The van der Waals surface area contributed by atoms with Crippen molar-refractivity contribution < 1.29 is 0 Å². The second-order valence-electron chi connectivity index (χ2n) is 4.50. The van der Waals surface area contributed by atoms with Gasteiger partial charge >= 0.3 is 0 Å². The molecule has 0 aliphatic heterocycles. The third kappa shape index (κ3) is 3.02. The minimum absolute atomic E-state index is 0.217. The molecule has 0 aliphatic carbocycles. The van der Waals surface area contributed by atoms with Crippen LogP contribution in [-0.4, -0.2) is 5.38 Å². The molecule has 0 heterocycles. The molecule has 1 atom stereocenters. The van der Waals surface area contributed by atoms with Gasteiger partial charge in [0.25, 0.3) is 0 Å². The van der Waals surface area contributed by atoms with Gasteiger partial charge in [-0.05, 0) is 23.8 Å². The molecule has 0 amide bonds. The Morgan fingerprint density at radius 2 is 1.79 bits per heavy atom. The first-order valence-electron chi connectivity index (χ1n) is 5.24. The predicted molar refractivity (Wildman–Crippen MR) is 63.9 cm³/mol. The summed E-state index contributed by atoms with van der Waals surface area (Å²) in [5.74, 6) is 0. The molecule has 1 heteroatoms. The van der Waals surface area contributed by atoms with Crippen molar-refractivity contribution in [3.63, 3.8) is 0 Å². The van der Waals surface area contributed by atoms with E-state index < -0.39 is 0 Å². The average molecular weight is 211 g/mol. The minimum Gasteiger partial charge on any atom is -0.122 e. The van der Waals surface area contributed by atoms with E-state index >= 15 is 0 Å².